The van der Waals surface area contributed by atoms with Crippen LogP contribution in [0.3, 0.4) is 0 Å². The van der Waals surface area contributed by atoms with E-state index in [2.05, 4.69) is 62.6 Å². The molecule has 2 N–H and O–H groups in total. The maximum atomic E-state index is 9.55. The van der Waals surface area contributed by atoms with Crippen molar-refractivity contribution in [3.05, 3.63) is 94.5 Å². The minimum absolute atomic E-state index is 0.403. The van der Waals surface area contributed by atoms with Crippen molar-refractivity contribution >= 4 is 40.0 Å². The summed E-state index contributed by atoms with van der Waals surface area (Å²) in [5.74, 6) is -2.11. The fraction of sp³-hybridized carbons (Fsp3) is 0.269. The lowest BCUT2D eigenvalue weighted by molar-refractivity contribution is -0.134. The Kier molecular flexibility index (Phi) is 10.3. The predicted molar refractivity (Wildman–Crippen MR) is 140 cm³/mol. The molecular weight excluding hydrogens is 486 g/mol. The molecule has 0 spiro atoms. The Balaban J connectivity index is 0.000000371. The predicted octanol–water partition coefficient (Wildman–Crippen LogP) is 4.85. The van der Waals surface area contributed by atoms with Crippen LogP contribution in [0.15, 0.2) is 78.3 Å². The van der Waals surface area contributed by atoms with E-state index in [-0.39, 0.29) is 0 Å². The van der Waals surface area contributed by atoms with Crippen LogP contribution in [0.1, 0.15) is 23.5 Å². The maximum Gasteiger partial charge on any atom is 0.328 e. The summed E-state index contributed by atoms with van der Waals surface area (Å²) in [4.78, 5) is 28.5. The second kappa shape index (κ2) is 13.6. The molecule has 7 nitrogen and oxygen atoms in total. The Hall–Kier alpha value is -3.20. The van der Waals surface area contributed by atoms with Gasteiger partial charge in [-0.25, -0.2) is 14.6 Å². The Morgan fingerprint density at radius 1 is 0.943 bits per heavy atom. The van der Waals surface area contributed by atoms with Crippen LogP contribution in [-0.2, 0) is 9.59 Å². The van der Waals surface area contributed by atoms with Crippen molar-refractivity contribution in [3.8, 4) is 0 Å². The number of carbonyl (C=O) groups is 2. The van der Waals surface area contributed by atoms with Crippen LogP contribution in [0.4, 0.5) is 5.13 Å². The van der Waals surface area contributed by atoms with Gasteiger partial charge in [0.1, 0.15) is 0 Å². The molecule has 0 amide bonds. The summed E-state index contributed by atoms with van der Waals surface area (Å²) >= 11 is 7.83. The fourth-order valence-corrected chi connectivity index (χ4v) is 4.72. The number of hydrogen-bond donors (Lipinski definition) is 2. The summed E-state index contributed by atoms with van der Waals surface area (Å²) in [5.41, 5.74) is 2.72. The highest BCUT2D eigenvalue weighted by Crippen LogP contribution is 2.29. The van der Waals surface area contributed by atoms with Crippen LogP contribution in [0.5, 0.6) is 0 Å². The van der Waals surface area contributed by atoms with Crippen molar-refractivity contribution < 1.29 is 19.8 Å². The fourth-order valence-electron chi connectivity index (χ4n) is 3.90. The van der Waals surface area contributed by atoms with E-state index in [1.807, 2.05) is 18.3 Å². The molecule has 1 atom stereocenters. The topological polar surface area (TPSA) is 94.0 Å². The van der Waals surface area contributed by atoms with Gasteiger partial charge in [0.25, 0.3) is 0 Å². The lowest BCUT2D eigenvalue weighted by atomic mass is 9.88. The first-order valence-corrected chi connectivity index (χ1v) is 12.5. The second-order valence-corrected chi connectivity index (χ2v) is 9.27. The molecule has 0 saturated carbocycles. The van der Waals surface area contributed by atoms with E-state index in [1.54, 1.807) is 11.3 Å². The number of aromatic nitrogens is 1. The summed E-state index contributed by atoms with van der Waals surface area (Å²) in [6.07, 6.45) is 4.12. The third kappa shape index (κ3) is 8.83. The van der Waals surface area contributed by atoms with E-state index in [1.165, 1.54) is 11.1 Å². The monoisotopic (exact) mass is 513 g/mol. The average molecular weight is 514 g/mol. The molecule has 1 saturated heterocycles. The zero-order valence-corrected chi connectivity index (χ0v) is 20.7. The number of carboxylic acid groups (broad SMARTS) is 2. The van der Waals surface area contributed by atoms with Crippen molar-refractivity contribution in [2.75, 3.05) is 37.6 Å². The third-order valence-corrected chi connectivity index (χ3v) is 6.72. The van der Waals surface area contributed by atoms with Gasteiger partial charge in [-0.3, -0.25) is 4.90 Å². The summed E-state index contributed by atoms with van der Waals surface area (Å²) in [7, 11) is 0. The Bertz CT molecular complexity index is 1070. The number of halogens is 1. The Morgan fingerprint density at radius 3 is 2.09 bits per heavy atom. The summed E-state index contributed by atoms with van der Waals surface area (Å²) in [5, 5.41) is 19.6. The van der Waals surface area contributed by atoms with E-state index in [0.717, 1.165) is 49.3 Å². The zero-order chi connectivity index (χ0) is 25.0. The molecule has 0 radical (unpaired) electrons. The molecule has 1 aliphatic rings. The van der Waals surface area contributed by atoms with Gasteiger partial charge in [-0.15, -0.1) is 11.3 Å². The summed E-state index contributed by atoms with van der Waals surface area (Å²) in [6, 6.07) is 19.1. The van der Waals surface area contributed by atoms with Crippen molar-refractivity contribution in [2.45, 2.75) is 12.3 Å². The molecule has 184 valence electrons. The van der Waals surface area contributed by atoms with Gasteiger partial charge in [0.2, 0.25) is 0 Å². The molecule has 9 heteroatoms. The molecular formula is C26H28ClN3O4S. The molecule has 2 aromatic carbocycles. The van der Waals surface area contributed by atoms with Gasteiger partial charge in [0.05, 0.1) is 0 Å². The van der Waals surface area contributed by atoms with E-state index in [4.69, 9.17) is 21.8 Å². The molecule has 2 heterocycles. The number of anilines is 1. The van der Waals surface area contributed by atoms with Crippen molar-refractivity contribution in [1.82, 2.24) is 9.88 Å². The number of thiazole rings is 1. The van der Waals surface area contributed by atoms with Crippen molar-refractivity contribution in [3.63, 3.8) is 0 Å². The largest absolute Gasteiger partial charge is 0.478 e. The first-order valence-electron chi connectivity index (χ1n) is 11.2. The van der Waals surface area contributed by atoms with Crippen LogP contribution in [0.25, 0.3) is 0 Å². The number of aliphatic carboxylic acids is 2. The van der Waals surface area contributed by atoms with Crippen LogP contribution in [0.2, 0.25) is 5.02 Å². The molecule has 3 aromatic rings. The number of carboxylic acids is 2. The first-order chi connectivity index (χ1) is 16.9. The number of benzene rings is 2. The van der Waals surface area contributed by atoms with Gasteiger partial charge >= 0.3 is 11.9 Å². The summed E-state index contributed by atoms with van der Waals surface area (Å²) in [6.45, 7) is 5.42. The second-order valence-electron chi connectivity index (χ2n) is 7.96. The number of nitrogens with zero attached hydrogens (tertiary/aromatic N) is 3. The normalized spacial score (nSPS) is 14.8. The number of hydrogen-bond acceptors (Lipinski definition) is 6. The van der Waals surface area contributed by atoms with Gasteiger partial charge in [0, 0.05) is 60.8 Å². The Labute approximate surface area is 213 Å². The molecule has 35 heavy (non-hydrogen) atoms. The highest BCUT2D eigenvalue weighted by molar-refractivity contribution is 7.13. The van der Waals surface area contributed by atoms with Gasteiger partial charge < -0.3 is 15.1 Å². The van der Waals surface area contributed by atoms with Gasteiger partial charge in [-0.05, 0) is 36.2 Å². The molecule has 4 rings (SSSR count). The van der Waals surface area contributed by atoms with Gasteiger partial charge in [-0.2, -0.15) is 0 Å². The quantitative estimate of drug-likeness (QED) is 0.416. The average Bonchev–Trinajstić information content (AvgIpc) is 3.41. The Morgan fingerprint density at radius 2 is 1.54 bits per heavy atom. The van der Waals surface area contributed by atoms with E-state index < -0.39 is 11.9 Å². The molecule has 0 aliphatic carbocycles. The number of piperazine rings is 1. The molecule has 1 aliphatic heterocycles. The van der Waals surface area contributed by atoms with Gasteiger partial charge in [-0.1, -0.05) is 54.1 Å². The van der Waals surface area contributed by atoms with Crippen LogP contribution >= 0.6 is 22.9 Å². The summed E-state index contributed by atoms with van der Waals surface area (Å²) < 4.78 is 0. The van der Waals surface area contributed by atoms with E-state index in [9.17, 15) is 9.59 Å². The lowest BCUT2D eigenvalue weighted by Crippen LogP contribution is -2.46. The first kappa shape index (κ1) is 26.4. The molecule has 0 bridgehead atoms. The minimum Gasteiger partial charge on any atom is -0.478 e. The molecule has 1 unspecified atom stereocenters. The lowest BCUT2D eigenvalue weighted by Gasteiger charge is -2.35. The zero-order valence-electron chi connectivity index (χ0n) is 19.2. The van der Waals surface area contributed by atoms with Crippen LogP contribution in [0, 0.1) is 0 Å². The highest BCUT2D eigenvalue weighted by Gasteiger charge is 2.21. The highest BCUT2D eigenvalue weighted by atomic mass is 35.5. The smallest absolute Gasteiger partial charge is 0.328 e. The van der Waals surface area contributed by atoms with Crippen molar-refractivity contribution in [1.29, 1.82) is 0 Å². The molecule has 1 fully saturated rings. The van der Waals surface area contributed by atoms with E-state index in [0.29, 0.717) is 18.1 Å². The SMILES string of the molecule is Clc1ccc(C(CCN2CCN(c3nccs3)CC2)c2ccccc2)cc1.O=C(O)/C=C\C(=O)O. The standard InChI is InChI=1S/C22H24ClN3S.C4H4O4/c23-20-8-6-19(7-9-20)21(18-4-2-1-3-5-18)10-12-25-13-15-26(16-14-25)22-24-11-17-27-22;5-3(6)1-2-4(7)8/h1-9,11,17,21H,10,12-16H2;1-2H,(H,5,6)(H,7,8)/b;2-1-. The minimum atomic E-state index is -1.26. The van der Waals surface area contributed by atoms with E-state index >= 15 is 0 Å². The van der Waals surface area contributed by atoms with Crippen LogP contribution < -0.4 is 4.90 Å². The van der Waals surface area contributed by atoms with Gasteiger partial charge in [0.15, 0.2) is 5.13 Å². The third-order valence-electron chi connectivity index (χ3n) is 5.64. The van der Waals surface area contributed by atoms with Crippen LogP contribution in [-0.4, -0.2) is 64.8 Å². The molecule has 1 aromatic heterocycles. The van der Waals surface area contributed by atoms with Crippen molar-refractivity contribution in [2.24, 2.45) is 0 Å². The maximum absolute atomic E-state index is 9.55. The number of rotatable bonds is 8.